The zero-order chi connectivity index (χ0) is 7.98. The molecule has 0 aromatic rings. The monoisotopic (exact) mass is 162 g/mol. The molecular weight excluding hydrogens is 148 g/mol. The van der Waals surface area contributed by atoms with E-state index >= 15 is 0 Å². The third-order valence-corrected chi connectivity index (χ3v) is 1.70. The average molecular weight is 163 g/mol. The van der Waals surface area contributed by atoms with Gasteiger partial charge in [-0.3, -0.25) is 0 Å². The number of hydrogen-bond acceptors (Lipinski definition) is 1. The first-order valence-electron chi connectivity index (χ1n) is 3.52. The van der Waals surface area contributed by atoms with Crippen LogP contribution in [0.15, 0.2) is 11.6 Å². The van der Waals surface area contributed by atoms with Crippen LogP contribution in [-0.4, -0.2) is 18.6 Å². The summed E-state index contributed by atoms with van der Waals surface area (Å²) in [7, 11) is 0. The molecule has 0 heterocycles. The highest BCUT2D eigenvalue weighted by Gasteiger charge is 2.01. The summed E-state index contributed by atoms with van der Waals surface area (Å²) in [4.78, 5) is 0. The molecule has 0 N–H and O–H groups in total. The Balaban J connectivity index is 3.51. The highest BCUT2D eigenvalue weighted by atomic mass is 35.5. The second-order valence-corrected chi connectivity index (χ2v) is 2.61. The number of hydrogen-bond donors (Lipinski definition) is 0. The summed E-state index contributed by atoms with van der Waals surface area (Å²) in [5, 5.41) is 0. The lowest BCUT2D eigenvalue weighted by atomic mass is 10.2. The minimum atomic E-state index is 0.212. The van der Waals surface area contributed by atoms with Gasteiger partial charge in [0.25, 0.3) is 0 Å². The van der Waals surface area contributed by atoms with Crippen LogP contribution >= 0.6 is 11.6 Å². The number of alkyl halides is 1. The zero-order valence-corrected chi connectivity index (χ0v) is 7.61. The molecule has 0 aliphatic carbocycles. The summed E-state index contributed by atoms with van der Waals surface area (Å²) in [5.41, 5.74) is 1.25. The summed E-state index contributed by atoms with van der Waals surface area (Å²) in [6.07, 6.45) is 2.27. The smallest absolute Gasteiger partial charge is 0.0754 e. The minimum absolute atomic E-state index is 0.212. The standard InChI is InChI=1S/C8H15ClO/c1-4-7(2)8(3)10-6-5-9/h4,8H,5-6H2,1-3H3/b7-4-/t8-/m1/s1. The summed E-state index contributed by atoms with van der Waals surface area (Å²) in [6, 6.07) is 0. The maximum absolute atomic E-state index is 5.45. The lowest BCUT2D eigenvalue weighted by molar-refractivity contribution is 0.103. The number of ether oxygens (including phenoxy) is 1. The van der Waals surface area contributed by atoms with Gasteiger partial charge in [0.05, 0.1) is 12.7 Å². The van der Waals surface area contributed by atoms with Crippen LogP contribution in [0.2, 0.25) is 0 Å². The highest BCUT2D eigenvalue weighted by molar-refractivity contribution is 6.17. The van der Waals surface area contributed by atoms with Crippen LogP contribution in [0.1, 0.15) is 20.8 Å². The van der Waals surface area contributed by atoms with Gasteiger partial charge in [0.2, 0.25) is 0 Å². The second kappa shape index (κ2) is 5.75. The van der Waals surface area contributed by atoms with Crippen LogP contribution in [0.4, 0.5) is 0 Å². The Bertz CT molecular complexity index is 110. The van der Waals surface area contributed by atoms with Crippen LogP contribution in [-0.2, 0) is 4.74 Å². The number of rotatable bonds is 4. The van der Waals surface area contributed by atoms with E-state index in [1.807, 2.05) is 13.8 Å². The van der Waals surface area contributed by atoms with E-state index in [9.17, 15) is 0 Å². The Morgan fingerprint density at radius 3 is 2.70 bits per heavy atom. The fourth-order valence-corrected chi connectivity index (χ4v) is 0.677. The topological polar surface area (TPSA) is 9.23 Å². The molecule has 2 heteroatoms. The first-order chi connectivity index (χ1) is 4.72. The van der Waals surface area contributed by atoms with E-state index in [4.69, 9.17) is 16.3 Å². The molecule has 0 aliphatic heterocycles. The summed E-state index contributed by atoms with van der Waals surface area (Å²) >= 11 is 5.45. The van der Waals surface area contributed by atoms with Crippen molar-refractivity contribution in [2.75, 3.05) is 12.5 Å². The maximum Gasteiger partial charge on any atom is 0.0754 e. The summed E-state index contributed by atoms with van der Waals surface area (Å²) in [5.74, 6) is 0.571. The Kier molecular flexibility index (Phi) is 5.74. The minimum Gasteiger partial charge on any atom is -0.373 e. The molecule has 1 nitrogen and oxygen atoms in total. The van der Waals surface area contributed by atoms with Crippen LogP contribution in [0.25, 0.3) is 0 Å². The molecule has 1 atom stereocenters. The van der Waals surface area contributed by atoms with Crippen molar-refractivity contribution in [3.63, 3.8) is 0 Å². The molecule has 60 valence electrons. The van der Waals surface area contributed by atoms with Crippen molar-refractivity contribution in [3.05, 3.63) is 11.6 Å². The fraction of sp³-hybridized carbons (Fsp3) is 0.750. The van der Waals surface area contributed by atoms with Gasteiger partial charge in [-0.2, -0.15) is 0 Å². The lowest BCUT2D eigenvalue weighted by Crippen LogP contribution is -2.10. The molecule has 0 spiro atoms. The van der Waals surface area contributed by atoms with Gasteiger partial charge in [-0.05, 0) is 26.3 Å². The molecule has 0 amide bonds. The van der Waals surface area contributed by atoms with E-state index < -0.39 is 0 Å². The SMILES string of the molecule is C/C=C(/C)[C@@H](C)OCCCl. The molecule has 0 aromatic carbocycles. The first kappa shape index (κ1) is 9.99. The number of halogens is 1. The van der Waals surface area contributed by atoms with Crippen LogP contribution in [0.3, 0.4) is 0 Å². The molecular formula is C8H15ClO. The third kappa shape index (κ3) is 3.91. The van der Waals surface area contributed by atoms with Gasteiger partial charge >= 0.3 is 0 Å². The molecule has 0 aliphatic rings. The van der Waals surface area contributed by atoms with Crippen molar-refractivity contribution in [1.82, 2.24) is 0 Å². The van der Waals surface area contributed by atoms with Gasteiger partial charge in [0, 0.05) is 5.88 Å². The van der Waals surface area contributed by atoms with Crippen molar-refractivity contribution in [3.8, 4) is 0 Å². The lowest BCUT2D eigenvalue weighted by Gasteiger charge is -2.11. The van der Waals surface area contributed by atoms with Gasteiger partial charge in [0.15, 0.2) is 0 Å². The van der Waals surface area contributed by atoms with Crippen molar-refractivity contribution < 1.29 is 4.74 Å². The van der Waals surface area contributed by atoms with Crippen molar-refractivity contribution in [1.29, 1.82) is 0 Å². The summed E-state index contributed by atoms with van der Waals surface area (Å²) in [6.45, 7) is 6.73. The van der Waals surface area contributed by atoms with Crippen LogP contribution in [0.5, 0.6) is 0 Å². The van der Waals surface area contributed by atoms with Gasteiger partial charge in [-0.25, -0.2) is 0 Å². The van der Waals surface area contributed by atoms with Crippen molar-refractivity contribution in [2.45, 2.75) is 26.9 Å². The molecule has 0 saturated carbocycles. The van der Waals surface area contributed by atoms with E-state index in [1.165, 1.54) is 5.57 Å². The van der Waals surface area contributed by atoms with E-state index in [0.717, 1.165) is 0 Å². The molecule has 0 fully saturated rings. The van der Waals surface area contributed by atoms with E-state index in [1.54, 1.807) is 0 Å². The molecule has 0 aromatic heterocycles. The van der Waals surface area contributed by atoms with E-state index in [-0.39, 0.29) is 6.10 Å². The van der Waals surface area contributed by atoms with Gasteiger partial charge < -0.3 is 4.74 Å². The predicted molar refractivity (Wildman–Crippen MR) is 45.6 cm³/mol. The Labute approximate surface area is 68.0 Å². The van der Waals surface area contributed by atoms with Crippen molar-refractivity contribution >= 4 is 11.6 Å². The van der Waals surface area contributed by atoms with Crippen LogP contribution in [0, 0.1) is 0 Å². The Morgan fingerprint density at radius 1 is 1.70 bits per heavy atom. The number of allylic oxidation sites excluding steroid dienone is 1. The van der Waals surface area contributed by atoms with E-state index in [0.29, 0.717) is 12.5 Å². The molecule has 0 unspecified atom stereocenters. The maximum atomic E-state index is 5.45. The van der Waals surface area contributed by atoms with Crippen molar-refractivity contribution in [2.24, 2.45) is 0 Å². The molecule has 0 radical (unpaired) electrons. The molecule has 0 bridgehead atoms. The second-order valence-electron chi connectivity index (χ2n) is 2.23. The van der Waals surface area contributed by atoms with Crippen LogP contribution < -0.4 is 0 Å². The first-order valence-corrected chi connectivity index (χ1v) is 4.06. The zero-order valence-electron chi connectivity index (χ0n) is 6.86. The quantitative estimate of drug-likeness (QED) is 0.456. The van der Waals surface area contributed by atoms with E-state index in [2.05, 4.69) is 13.0 Å². The predicted octanol–water partition coefficient (Wildman–Crippen LogP) is 2.60. The normalized spacial score (nSPS) is 15.4. The fourth-order valence-electron chi connectivity index (χ4n) is 0.587. The van der Waals surface area contributed by atoms with Gasteiger partial charge in [-0.15, -0.1) is 11.6 Å². The Hall–Kier alpha value is -0.0100. The Morgan fingerprint density at radius 2 is 2.30 bits per heavy atom. The molecule has 10 heavy (non-hydrogen) atoms. The van der Waals surface area contributed by atoms with Gasteiger partial charge in [0.1, 0.15) is 0 Å². The van der Waals surface area contributed by atoms with Gasteiger partial charge in [-0.1, -0.05) is 6.08 Å². The highest BCUT2D eigenvalue weighted by Crippen LogP contribution is 2.04. The largest absolute Gasteiger partial charge is 0.373 e. The third-order valence-electron chi connectivity index (χ3n) is 1.54. The summed E-state index contributed by atoms with van der Waals surface area (Å²) < 4.78 is 5.34. The molecule has 0 rings (SSSR count). The molecule has 0 saturated heterocycles. The average Bonchev–Trinajstić information content (AvgIpc) is 1.98.